The van der Waals surface area contributed by atoms with Crippen LogP contribution in [0.1, 0.15) is 13.8 Å². The molecule has 1 atom stereocenters. The summed E-state index contributed by atoms with van der Waals surface area (Å²) >= 11 is 0. The average Bonchev–Trinajstić information content (AvgIpc) is 2.59. The standard InChI is InChI=1S/C17H24FN3O3/c1-12(2)21-9-8-20(10-14(21)17(23)19-3)16(22)11-24-15-7-5-4-6-13(15)18/h4-7,12,14H,8-11H2,1-3H3,(H,19,23)/t14-/m0/s1. The Bertz CT molecular complexity index is 594. The number of ether oxygens (including phenoxy) is 1. The molecule has 0 radical (unpaired) electrons. The average molecular weight is 337 g/mol. The van der Waals surface area contributed by atoms with Gasteiger partial charge in [-0.25, -0.2) is 4.39 Å². The number of rotatable bonds is 5. The van der Waals surface area contributed by atoms with Crippen molar-refractivity contribution in [3.8, 4) is 5.75 Å². The van der Waals surface area contributed by atoms with Crippen LogP contribution in [0.5, 0.6) is 5.75 Å². The van der Waals surface area contributed by atoms with Gasteiger partial charge < -0.3 is 15.0 Å². The first-order chi connectivity index (χ1) is 11.4. The van der Waals surface area contributed by atoms with Crippen LogP contribution in [0.3, 0.4) is 0 Å². The summed E-state index contributed by atoms with van der Waals surface area (Å²) in [5.74, 6) is -0.820. The summed E-state index contributed by atoms with van der Waals surface area (Å²) < 4.78 is 18.8. The van der Waals surface area contributed by atoms with Crippen molar-refractivity contribution in [2.45, 2.75) is 25.9 Å². The first-order valence-corrected chi connectivity index (χ1v) is 8.06. The van der Waals surface area contributed by atoms with Gasteiger partial charge in [-0.2, -0.15) is 0 Å². The maximum atomic E-state index is 13.5. The number of carbonyl (C=O) groups is 2. The van der Waals surface area contributed by atoms with Crippen molar-refractivity contribution in [1.82, 2.24) is 15.1 Å². The molecule has 0 bridgehead atoms. The van der Waals surface area contributed by atoms with Crippen LogP contribution in [-0.4, -0.2) is 67.0 Å². The molecule has 1 heterocycles. The molecule has 1 N–H and O–H groups in total. The van der Waals surface area contributed by atoms with Crippen LogP contribution >= 0.6 is 0 Å². The predicted molar refractivity (Wildman–Crippen MR) is 88.2 cm³/mol. The highest BCUT2D eigenvalue weighted by atomic mass is 19.1. The highest BCUT2D eigenvalue weighted by Crippen LogP contribution is 2.17. The van der Waals surface area contributed by atoms with Crippen LogP contribution in [-0.2, 0) is 9.59 Å². The van der Waals surface area contributed by atoms with E-state index < -0.39 is 5.82 Å². The Kier molecular flexibility index (Phi) is 6.14. The van der Waals surface area contributed by atoms with E-state index in [0.29, 0.717) is 19.6 Å². The Morgan fingerprint density at radius 1 is 1.33 bits per heavy atom. The van der Waals surface area contributed by atoms with Crippen LogP contribution in [0.25, 0.3) is 0 Å². The van der Waals surface area contributed by atoms with Gasteiger partial charge in [-0.05, 0) is 26.0 Å². The molecular formula is C17H24FN3O3. The Hall–Kier alpha value is -2.15. The lowest BCUT2D eigenvalue weighted by Gasteiger charge is -2.42. The fourth-order valence-electron chi connectivity index (χ4n) is 2.83. The van der Waals surface area contributed by atoms with Gasteiger partial charge in [0.25, 0.3) is 5.91 Å². The van der Waals surface area contributed by atoms with Gasteiger partial charge in [0.15, 0.2) is 18.2 Å². The number of halogens is 1. The third kappa shape index (κ3) is 4.23. The van der Waals surface area contributed by atoms with E-state index in [-0.39, 0.29) is 36.3 Å². The zero-order chi connectivity index (χ0) is 17.7. The van der Waals surface area contributed by atoms with Crippen molar-refractivity contribution in [1.29, 1.82) is 0 Å². The molecule has 0 aromatic heterocycles. The fraction of sp³-hybridized carbons (Fsp3) is 0.529. The Morgan fingerprint density at radius 2 is 2.04 bits per heavy atom. The van der Waals surface area contributed by atoms with E-state index in [1.165, 1.54) is 12.1 Å². The Morgan fingerprint density at radius 3 is 2.67 bits per heavy atom. The van der Waals surface area contributed by atoms with E-state index in [1.807, 2.05) is 13.8 Å². The third-order valence-corrected chi connectivity index (χ3v) is 4.17. The predicted octanol–water partition coefficient (Wildman–Crippen LogP) is 0.872. The van der Waals surface area contributed by atoms with Gasteiger partial charge in [0.1, 0.15) is 6.04 Å². The molecule has 0 aliphatic carbocycles. The Balaban J connectivity index is 1.97. The summed E-state index contributed by atoms with van der Waals surface area (Å²) in [4.78, 5) is 28.1. The first-order valence-electron chi connectivity index (χ1n) is 8.06. The fourth-order valence-corrected chi connectivity index (χ4v) is 2.83. The molecule has 1 fully saturated rings. The minimum atomic E-state index is -0.502. The molecule has 24 heavy (non-hydrogen) atoms. The molecule has 1 aromatic rings. The first kappa shape index (κ1) is 18.2. The molecule has 2 amide bonds. The molecule has 1 aromatic carbocycles. The number of nitrogens with one attached hydrogen (secondary N) is 1. The molecule has 0 saturated carbocycles. The SMILES string of the molecule is CNC(=O)[C@@H]1CN(C(=O)COc2ccccc2F)CCN1C(C)C. The summed E-state index contributed by atoms with van der Waals surface area (Å²) in [5, 5.41) is 2.64. The summed E-state index contributed by atoms with van der Waals surface area (Å²) in [5.41, 5.74) is 0. The number of amides is 2. The molecular weight excluding hydrogens is 313 g/mol. The van der Waals surface area contributed by atoms with Crippen LogP contribution in [0.15, 0.2) is 24.3 Å². The normalized spacial score (nSPS) is 18.5. The van der Waals surface area contributed by atoms with E-state index in [9.17, 15) is 14.0 Å². The second-order valence-electron chi connectivity index (χ2n) is 6.02. The second kappa shape index (κ2) is 8.10. The summed E-state index contributed by atoms with van der Waals surface area (Å²) in [6.45, 7) is 5.23. The molecule has 0 unspecified atom stereocenters. The molecule has 0 spiro atoms. The lowest BCUT2D eigenvalue weighted by molar-refractivity contribution is -0.140. The number of para-hydroxylation sites is 1. The molecule has 1 aliphatic rings. The molecule has 7 heteroatoms. The highest BCUT2D eigenvalue weighted by Gasteiger charge is 2.35. The smallest absolute Gasteiger partial charge is 0.260 e. The van der Waals surface area contributed by atoms with Crippen LogP contribution in [0.2, 0.25) is 0 Å². The molecule has 1 saturated heterocycles. The third-order valence-electron chi connectivity index (χ3n) is 4.17. The summed E-state index contributed by atoms with van der Waals surface area (Å²) in [6.07, 6.45) is 0. The van der Waals surface area contributed by atoms with E-state index >= 15 is 0 Å². The lowest BCUT2D eigenvalue weighted by atomic mass is 10.1. The van der Waals surface area contributed by atoms with E-state index in [4.69, 9.17) is 4.74 Å². The zero-order valence-corrected chi connectivity index (χ0v) is 14.3. The minimum Gasteiger partial charge on any atom is -0.481 e. The highest BCUT2D eigenvalue weighted by molar-refractivity contribution is 5.84. The zero-order valence-electron chi connectivity index (χ0n) is 14.3. The van der Waals surface area contributed by atoms with Crippen molar-refractivity contribution in [3.05, 3.63) is 30.1 Å². The van der Waals surface area contributed by atoms with Gasteiger partial charge >= 0.3 is 0 Å². The van der Waals surface area contributed by atoms with Crippen LogP contribution in [0.4, 0.5) is 4.39 Å². The van der Waals surface area contributed by atoms with Crippen LogP contribution < -0.4 is 10.1 Å². The van der Waals surface area contributed by atoms with Gasteiger partial charge in [0.2, 0.25) is 5.91 Å². The summed E-state index contributed by atoms with van der Waals surface area (Å²) in [7, 11) is 1.59. The van der Waals surface area contributed by atoms with E-state index in [1.54, 1.807) is 24.1 Å². The van der Waals surface area contributed by atoms with Crippen molar-refractivity contribution in [2.75, 3.05) is 33.3 Å². The van der Waals surface area contributed by atoms with Crippen molar-refractivity contribution < 1.29 is 18.7 Å². The van der Waals surface area contributed by atoms with Crippen molar-refractivity contribution in [2.24, 2.45) is 0 Å². The second-order valence-corrected chi connectivity index (χ2v) is 6.02. The lowest BCUT2D eigenvalue weighted by Crippen LogP contribution is -2.61. The minimum absolute atomic E-state index is 0.0505. The largest absolute Gasteiger partial charge is 0.481 e. The number of carbonyl (C=O) groups excluding carboxylic acids is 2. The summed E-state index contributed by atoms with van der Waals surface area (Å²) in [6, 6.07) is 5.78. The molecule has 132 valence electrons. The van der Waals surface area contributed by atoms with E-state index in [2.05, 4.69) is 10.2 Å². The molecule has 6 nitrogen and oxygen atoms in total. The number of likely N-dealkylation sites (N-methyl/N-ethyl adjacent to an activating group) is 1. The van der Waals surface area contributed by atoms with Gasteiger partial charge in [0, 0.05) is 32.7 Å². The van der Waals surface area contributed by atoms with Gasteiger partial charge in [-0.3, -0.25) is 14.5 Å². The number of benzene rings is 1. The maximum Gasteiger partial charge on any atom is 0.260 e. The quantitative estimate of drug-likeness (QED) is 0.866. The maximum absolute atomic E-state index is 13.5. The Labute approximate surface area is 141 Å². The van der Waals surface area contributed by atoms with E-state index in [0.717, 1.165) is 0 Å². The van der Waals surface area contributed by atoms with Gasteiger partial charge in [-0.15, -0.1) is 0 Å². The topological polar surface area (TPSA) is 61.9 Å². The monoisotopic (exact) mass is 337 g/mol. The number of nitrogens with zero attached hydrogens (tertiary/aromatic N) is 2. The van der Waals surface area contributed by atoms with Gasteiger partial charge in [-0.1, -0.05) is 12.1 Å². The number of piperazine rings is 1. The van der Waals surface area contributed by atoms with Crippen molar-refractivity contribution >= 4 is 11.8 Å². The molecule has 1 aliphatic heterocycles. The van der Waals surface area contributed by atoms with Gasteiger partial charge in [0.05, 0.1) is 0 Å². The number of hydrogen-bond acceptors (Lipinski definition) is 4. The van der Waals surface area contributed by atoms with Crippen LogP contribution in [0, 0.1) is 5.82 Å². The molecule has 2 rings (SSSR count). The van der Waals surface area contributed by atoms with Crippen molar-refractivity contribution in [3.63, 3.8) is 0 Å². The number of hydrogen-bond donors (Lipinski definition) is 1.